The van der Waals surface area contributed by atoms with Gasteiger partial charge in [0.2, 0.25) is 0 Å². The molecule has 10 heteroatoms. The first-order valence-electron chi connectivity index (χ1n) is 15.1. The van der Waals surface area contributed by atoms with Crippen molar-refractivity contribution in [3.63, 3.8) is 0 Å². The van der Waals surface area contributed by atoms with Gasteiger partial charge in [-0.3, -0.25) is 34.1 Å². The predicted molar refractivity (Wildman–Crippen MR) is 181 cm³/mol. The number of aldehydes is 1. The fourth-order valence-corrected chi connectivity index (χ4v) is 5.16. The molecule has 5 amide bonds. The zero-order valence-corrected chi connectivity index (χ0v) is 27.3. The van der Waals surface area contributed by atoms with Crippen LogP contribution in [0, 0.1) is 0 Å². The van der Waals surface area contributed by atoms with Gasteiger partial charge in [-0.2, -0.15) is 0 Å². The normalized spacial score (nSPS) is 12.2. The monoisotopic (exact) mass is 656 g/mol. The van der Waals surface area contributed by atoms with Crippen LogP contribution < -0.4 is 14.8 Å². The van der Waals surface area contributed by atoms with Crippen LogP contribution in [0.15, 0.2) is 109 Å². The van der Waals surface area contributed by atoms with Crippen molar-refractivity contribution < 1.29 is 38.2 Å². The van der Waals surface area contributed by atoms with E-state index in [1.165, 1.54) is 44.2 Å². The number of carbonyl (C=O) groups is 6. The Bertz CT molecular complexity index is 2080. The molecule has 0 bridgehead atoms. The fraction of sp³-hybridized carbons (Fsp3) is 0.128. The molecular weight excluding hydrogens is 624 g/mol. The summed E-state index contributed by atoms with van der Waals surface area (Å²) in [5.74, 6) is -1.79. The molecule has 0 unspecified atom stereocenters. The minimum atomic E-state index is -0.741. The van der Waals surface area contributed by atoms with Gasteiger partial charge in [-0.1, -0.05) is 51.3 Å². The molecule has 0 fully saturated rings. The van der Waals surface area contributed by atoms with E-state index in [0.29, 0.717) is 34.2 Å². The second kappa shape index (κ2) is 13.4. The molecule has 0 saturated heterocycles. The summed E-state index contributed by atoms with van der Waals surface area (Å²) in [6, 6.07) is 23.8. The molecule has 4 aromatic carbocycles. The fourth-order valence-electron chi connectivity index (χ4n) is 5.16. The number of fused-ring (bicyclic) bond motifs is 1. The number of hydrogen-bond acceptors (Lipinski definition) is 8. The van der Waals surface area contributed by atoms with Gasteiger partial charge in [0.25, 0.3) is 29.5 Å². The molecule has 246 valence electrons. The molecule has 49 heavy (non-hydrogen) atoms. The smallest absolute Gasteiger partial charge is 0.268 e. The Balaban J connectivity index is 1.26. The number of carbonyl (C=O) groups excluding carboxylic acids is 6. The first-order chi connectivity index (χ1) is 23.2. The quantitative estimate of drug-likeness (QED) is 0.110. The van der Waals surface area contributed by atoms with E-state index in [1.54, 1.807) is 30.3 Å². The lowest BCUT2D eigenvalue weighted by molar-refractivity contribution is -0.122. The summed E-state index contributed by atoms with van der Waals surface area (Å²) in [5, 5.41) is 2.19. The Kier molecular flexibility index (Phi) is 9.25. The van der Waals surface area contributed by atoms with E-state index < -0.39 is 35.0 Å². The van der Waals surface area contributed by atoms with Crippen molar-refractivity contribution in [1.82, 2.24) is 10.2 Å². The lowest BCUT2D eigenvalue weighted by atomic mass is 9.78. The number of benzene rings is 4. The lowest BCUT2D eigenvalue weighted by Crippen LogP contribution is -2.36. The minimum absolute atomic E-state index is 0.0349. The summed E-state index contributed by atoms with van der Waals surface area (Å²) >= 11 is 0. The van der Waals surface area contributed by atoms with Crippen LogP contribution in [0.5, 0.6) is 23.0 Å². The maximum atomic E-state index is 12.8. The Morgan fingerprint density at radius 2 is 1.18 bits per heavy atom. The molecule has 0 atom stereocenters. The highest BCUT2D eigenvalue weighted by Gasteiger charge is 2.40. The molecule has 4 aromatic rings. The summed E-state index contributed by atoms with van der Waals surface area (Å²) in [4.78, 5) is 74.3. The summed E-state index contributed by atoms with van der Waals surface area (Å²) in [7, 11) is 0. The van der Waals surface area contributed by atoms with Crippen LogP contribution >= 0.6 is 0 Å². The van der Waals surface area contributed by atoms with Crippen molar-refractivity contribution in [2.75, 3.05) is 0 Å². The Labute approximate surface area is 282 Å². The SMILES string of the molecule is C=C(C)C(=O)NC(=O)c1ccc(Oc2ccc(C(C)(C)c3ccc(Oc4ccc5c(c4)C(=O)N(C(=O)C(=C)C)C5=O)cc3)cc2)cc1C=O. The number of amides is 5. The molecule has 0 aromatic heterocycles. The summed E-state index contributed by atoms with van der Waals surface area (Å²) in [5.41, 5.74) is 2.12. The first-order valence-corrected chi connectivity index (χ1v) is 15.1. The topological polar surface area (TPSA) is 136 Å². The van der Waals surface area contributed by atoms with E-state index in [9.17, 15) is 28.8 Å². The second-order valence-electron chi connectivity index (χ2n) is 12.0. The van der Waals surface area contributed by atoms with E-state index >= 15 is 0 Å². The molecule has 10 nitrogen and oxygen atoms in total. The first kappa shape index (κ1) is 33.9. The van der Waals surface area contributed by atoms with Gasteiger partial charge >= 0.3 is 0 Å². The number of ether oxygens (including phenoxy) is 2. The van der Waals surface area contributed by atoms with Gasteiger partial charge in [0, 0.05) is 22.1 Å². The van der Waals surface area contributed by atoms with E-state index in [-0.39, 0.29) is 33.4 Å². The maximum Gasteiger partial charge on any atom is 0.268 e. The highest BCUT2D eigenvalue weighted by molar-refractivity contribution is 6.31. The average molecular weight is 657 g/mol. The predicted octanol–water partition coefficient (Wildman–Crippen LogP) is 6.94. The molecule has 1 aliphatic rings. The Morgan fingerprint density at radius 3 is 1.69 bits per heavy atom. The second-order valence-corrected chi connectivity index (χ2v) is 12.0. The van der Waals surface area contributed by atoms with E-state index in [4.69, 9.17) is 9.47 Å². The standard InChI is InChI=1S/C39H32N2O8/c1-22(2)34(43)40-35(44)31-17-15-29(19-24(31)21-42)48-27-11-7-25(8-12-27)39(5,6)26-9-13-28(14-10-26)49-30-16-18-32-33(20-30)38(47)41(37(32)46)36(45)23(3)4/h7-21H,1,3H2,2,4-6H3,(H,40,43,44). The van der Waals surface area contributed by atoms with Gasteiger partial charge < -0.3 is 9.47 Å². The number of rotatable bonds is 10. The van der Waals surface area contributed by atoms with Crippen molar-refractivity contribution in [3.05, 3.63) is 143 Å². The highest BCUT2D eigenvalue weighted by atomic mass is 16.5. The third-order valence-electron chi connectivity index (χ3n) is 8.06. The Hall–Kier alpha value is -6.42. The maximum absolute atomic E-state index is 12.8. The van der Waals surface area contributed by atoms with Crippen LogP contribution in [0.25, 0.3) is 0 Å². The summed E-state index contributed by atoms with van der Waals surface area (Å²) < 4.78 is 11.9. The number of nitrogens with one attached hydrogen (secondary N) is 1. The molecule has 1 N–H and O–H groups in total. The van der Waals surface area contributed by atoms with Gasteiger partial charge in [0.1, 0.15) is 23.0 Å². The van der Waals surface area contributed by atoms with Crippen LogP contribution in [0.3, 0.4) is 0 Å². The van der Waals surface area contributed by atoms with Gasteiger partial charge in [-0.15, -0.1) is 0 Å². The van der Waals surface area contributed by atoms with Crippen LogP contribution in [-0.2, 0) is 15.0 Å². The molecular formula is C39H32N2O8. The van der Waals surface area contributed by atoms with Crippen molar-refractivity contribution in [3.8, 4) is 23.0 Å². The summed E-state index contributed by atoms with van der Waals surface area (Å²) in [6.45, 7) is 14.1. The van der Waals surface area contributed by atoms with Crippen molar-refractivity contribution in [2.24, 2.45) is 0 Å². The van der Waals surface area contributed by atoms with Gasteiger partial charge in [0.05, 0.1) is 16.7 Å². The molecule has 1 aliphatic heterocycles. The van der Waals surface area contributed by atoms with Crippen LogP contribution in [0.2, 0.25) is 0 Å². The van der Waals surface area contributed by atoms with Gasteiger partial charge in [-0.25, -0.2) is 4.90 Å². The average Bonchev–Trinajstić information content (AvgIpc) is 3.32. The van der Waals surface area contributed by atoms with E-state index in [2.05, 4.69) is 32.3 Å². The lowest BCUT2D eigenvalue weighted by Gasteiger charge is -2.26. The summed E-state index contributed by atoms with van der Waals surface area (Å²) in [6.07, 6.45) is 0.519. The molecule has 0 spiro atoms. The zero-order chi connectivity index (χ0) is 35.6. The molecule has 0 radical (unpaired) electrons. The van der Waals surface area contributed by atoms with E-state index in [0.717, 1.165) is 11.1 Å². The van der Waals surface area contributed by atoms with Crippen LogP contribution in [0.4, 0.5) is 0 Å². The molecule has 1 heterocycles. The van der Waals surface area contributed by atoms with E-state index in [1.807, 2.05) is 24.3 Å². The third kappa shape index (κ3) is 6.84. The molecule has 0 aliphatic carbocycles. The van der Waals surface area contributed by atoms with Crippen molar-refractivity contribution in [1.29, 1.82) is 0 Å². The molecule has 5 rings (SSSR count). The van der Waals surface area contributed by atoms with Gasteiger partial charge in [0.15, 0.2) is 6.29 Å². The third-order valence-corrected chi connectivity index (χ3v) is 8.06. The van der Waals surface area contributed by atoms with Crippen LogP contribution in [-0.4, -0.2) is 40.7 Å². The minimum Gasteiger partial charge on any atom is -0.457 e. The van der Waals surface area contributed by atoms with Gasteiger partial charge in [-0.05, 0) is 85.6 Å². The number of hydrogen-bond donors (Lipinski definition) is 1. The van der Waals surface area contributed by atoms with Crippen molar-refractivity contribution in [2.45, 2.75) is 33.1 Å². The van der Waals surface area contributed by atoms with Crippen LogP contribution in [0.1, 0.15) is 80.3 Å². The Morgan fingerprint density at radius 1 is 0.694 bits per heavy atom. The number of nitrogens with zero attached hydrogens (tertiary/aromatic N) is 1. The van der Waals surface area contributed by atoms with Crippen molar-refractivity contribution >= 4 is 35.8 Å². The highest BCUT2D eigenvalue weighted by Crippen LogP contribution is 2.36. The number of imide groups is 4. The largest absolute Gasteiger partial charge is 0.457 e. The zero-order valence-electron chi connectivity index (χ0n) is 27.3. The molecule has 0 saturated carbocycles.